The van der Waals surface area contributed by atoms with Crippen molar-refractivity contribution in [1.82, 2.24) is 54.0 Å². The number of nitrogens with one attached hydrogen (secondary N) is 2. The summed E-state index contributed by atoms with van der Waals surface area (Å²) in [6, 6.07) is 13.8. The number of rotatable bonds is 26. The topological polar surface area (TPSA) is 477 Å². The van der Waals surface area contributed by atoms with Crippen LogP contribution in [0.15, 0.2) is 96.0 Å². The standard InChI is InChI=1S/C39H50N4O8S2.C28H35N3O6S.C17H17ClN2OS.C11H19NO5.C10H16N2O3S.CH4.ClH/c1-11-24-17-39(24,35(45)42-53(47,48)38(9)14-15-38)18-28(44)33-23(5)31(19-43(33)36(46)51-37(6,7)8)50-30-16-26(34-41-27(20-52-34)21(2)3)40-32-22(4)29(49-10)13-12-25(30)32;1-14(2)19-13-38-25(30-19)18-11-21(17-9-10-20(35-8)15(3)23(17)29-18)36-22-12-31(24(16(22)4)26(32)33)27(34)37-28(5,6)7;1-9(2)14-8-22-17(20-14)13-7-12(18)11-5-6-15(21-4)10(3)16(11)19-13;1-6-7(13)5-12(8(6)9(14)15)10(16)17-11(2,3)4;1-3-7-6-10(7,11)8(13)12-16(14,15)9(2)4-5-9;;/h11-13,16,20-21,23-24,31,33H,1,14-15,17-19H2,2-10H3,(H,42,45);9-11,13-14,16,22,24H,12H2,1-8H3,(H,32,33);5-9H,1-4H3;6-8,13H,5H2,1-4H3,(H,14,15);3,7H,1,4-6,11H2,2H3,(H,12,13);1H4;1H/t23-,24-,31+,33+,39-;16-,22+,24+;;6-,7+,8+;7-,10-;;/m11.11../s1. The number of aryl methyl sites for hydroxylation is 3. The van der Waals surface area contributed by atoms with Crippen LogP contribution in [0.2, 0.25) is 5.02 Å². The minimum atomic E-state index is -3.93. The predicted molar refractivity (Wildman–Crippen MR) is 576 cm³/mol. The van der Waals surface area contributed by atoms with Gasteiger partial charge in [0.05, 0.1) is 101 Å². The summed E-state index contributed by atoms with van der Waals surface area (Å²) in [5.74, 6) is -1.80. The highest BCUT2D eigenvalue weighted by Gasteiger charge is 2.64. The van der Waals surface area contributed by atoms with Gasteiger partial charge < -0.3 is 58.9 Å². The smallest absolute Gasteiger partial charge is 0.411 e. The van der Waals surface area contributed by atoms with Crippen molar-refractivity contribution < 1.29 is 108 Å². The minimum Gasteiger partial charge on any atom is -0.496 e. The Balaban J connectivity index is 0.000000204. The van der Waals surface area contributed by atoms with Gasteiger partial charge in [0.1, 0.15) is 114 Å². The summed E-state index contributed by atoms with van der Waals surface area (Å²) in [6.07, 6.45) is 1.64. The number of methoxy groups -OCH3 is 3. The van der Waals surface area contributed by atoms with E-state index in [2.05, 4.69) is 74.5 Å². The molecule has 3 aromatic carbocycles. The number of β-amino-alcohol motifs (C(OH)–C–C–N with tert-alkyl or cyclic N) is 1. The highest BCUT2D eigenvalue weighted by molar-refractivity contribution is 7.92. The van der Waals surface area contributed by atoms with E-state index in [1.807, 2.05) is 93.1 Å². The zero-order valence-corrected chi connectivity index (χ0v) is 93.7. The zero-order valence-electron chi connectivity index (χ0n) is 88.1. The number of aliphatic carboxylic acids is 2. The molecule has 3 aliphatic heterocycles. The SMILES string of the molecule is C.C=C[C@@H]1C[C@]1(CC(=O)[C@@H]1[C@H](C)[C@@H](Oc2cc(-c3nc(C(C)C)cs3)nc3c(C)c(OC)ccc23)CN1C(=O)OC(C)(C)C)C(=O)NS(=O)(=O)C1(C)CC1.C=C[C@@H]1C[C@]1(N)C(=O)NS(=O)(=O)C1(C)CC1.COc1ccc2c(Cl)cc(-c3nc(C(C)C)cs3)nc2c1C.COc1ccc2c(O[C@H]3CN(C(=O)OC(C)(C)C)[C@H](C(=O)O)[C@@H]3C)cc(-c3nc(C(C)C)cs3)nc2c1C.C[C@H]1[C@@H](C(=O)O)N(C(=O)OC(C)(C)C)C[C@@H]1O.Cl. The average Bonchev–Trinajstić information content (AvgIpc) is 1.56. The number of pyridine rings is 3. The molecule has 4 saturated carbocycles. The van der Waals surface area contributed by atoms with Gasteiger partial charge in [-0.3, -0.25) is 38.5 Å². The van der Waals surface area contributed by atoms with Crippen LogP contribution in [-0.2, 0) is 58.2 Å². The molecule has 808 valence electrons. The number of aliphatic hydroxyl groups excluding tert-OH is 1. The van der Waals surface area contributed by atoms with E-state index in [1.54, 1.807) is 135 Å². The maximum atomic E-state index is 14.5. The summed E-state index contributed by atoms with van der Waals surface area (Å²) in [4.78, 5) is 134. The third-order valence-corrected chi connectivity index (χ3v) is 34.8. The Bertz CT molecular complexity index is 6760. The number of amides is 5. The molecule has 9 heterocycles. The Morgan fingerprint density at radius 3 is 1.16 bits per heavy atom. The number of sulfonamides is 2. The number of ether oxygens (including phenoxy) is 8. The molecule has 6 aromatic heterocycles. The first kappa shape index (κ1) is 119. The van der Waals surface area contributed by atoms with E-state index in [0.717, 1.165) is 86.8 Å². The monoisotopic (exact) mass is 2180 g/mol. The van der Waals surface area contributed by atoms with Crippen molar-refractivity contribution in [1.29, 1.82) is 0 Å². The molecule has 5 amide bonds. The quantitative estimate of drug-likeness (QED) is 0.0217. The molecule has 4 aliphatic carbocycles. The predicted octanol–water partition coefficient (Wildman–Crippen LogP) is 19.9. The third kappa shape index (κ3) is 26.1. The first-order valence-corrected chi connectivity index (χ1v) is 54.6. The molecule has 0 bridgehead atoms. The fourth-order valence-electron chi connectivity index (χ4n) is 17.6. The number of fused-ring (bicyclic) bond motifs is 3. The van der Waals surface area contributed by atoms with Gasteiger partial charge in [0, 0.05) is 91.2 Å². The maximum Gasteiger partial charge on any atom is 0.411 e. The van der Waals surface area contributed by atoms with Gasteiger partial charge in [0.25, 0.3) is 5.91 Å². The van der Waals surface area contributed by atoms with E-state index < -0.39 is 159 Å². The van der Waals surface area contributed by atoms with Crippen molar-refractivity contribution in [3.8, 4) is 60.9 Å². The third-order valence-electron chi connectivity index (χ3n) is 27.6. The number of likely N-dealkylation sites (tertiary alicyclic amines) is 3. The molecule has 0 radical (unpaired) electrons. The van der Waals surface area contributed by atoms with Gasteiger partial charge in [-0.25, -0.2) is 70.7 Å². The van der Waals surface area contributed by atoms with E-state index >= 15 is 0 Å². The fraction of sp³-hybridized carbons (Fsp3) is 0.547. The number of aliphatic hydroxyl groups is 1. The van der Waals surface area contributed by atoms with Gasteiger partial charge in [-0.2, -0.15) is 0 Å². The van der Waals surface area contributed by atoms with Crippen molar-refractivity contribution in [3.63, 3.8) is 0 Å². The van der Waals surface area contributed by atoms with E-state index in [4.69, 9.17) is 85.3 Å². The number of Topliss-reactive ketones (excluding diaryl/α,β-unsaturated/α-hetero) is 1. The van der Waals surface area contributed by atoms with Crippen molar-refractivity contribution in [3.05, 3.63) is 135 Å². The molecule has 148 heavy (non-hydrogen) atoms. The number of halogens is 2. The Morgan fingerprint density at radius 2 is 0.838 bits per heavy atom. The number of benzene rings is 3. The van der Waals surface area contributed by atoms with E-state index in [1.165, 1.54) is 32.5 Å². The second-order valence-electron chi connectivity index (χ2n) is 43.1. The molecule has 7 fully saturated rings. The van der Waals surface area contributed by atoms with Crippen LogP contribution in [-0.4, -0.2) is 234 Å². The van der Waals surface area contributed by atoms with Crippen LogP contribution in [0.4, 0.5) is 14.4 Å². The molecule has 7 aliphatic rings. The summed E-state index contributed by atoms with van der Waals surface area (Å²) < 4.78 is 98.4. The Hall–Kier alpha value is -11.0. The van der Waals surface area contributed by atoms with Gasteiger partial charge in [-0.05, 0) is 202 Å². The first-order valence-electron chi connectivity index (χ1n) is 48.6. The van der Waals surface area contributed by atoms with E-state index in [0.29, 0.717) is 88.5 Å². The second kappa shape index (κ2) is 45.7. The molecule has 0 unspecified atom stereocenters. The highest BCUT2D eigenvalue weighted by atomic mass is 35.5. The van der Waals surface area contributed by atoms with Crippen LogP contribution < -0.4 is 38.9 Å². The van der Waals surface area contributed by atoms with Crippen LogP contribution in [0.1, 0.15) is 242 Å². The number of hydrogen-bond donors (Lipinski definition) is 6. The van der Waals surface area contributed by atoms with Crippen molar-refractivity contribution in [2.45, 2.75) is 298 Å². The normalized spacial score (nSPS) is 22.8. The van der Waals surface area contributed by atoms with Crippen LogP contribution in [0.3, 0.4) is 0 Å². The van der Waals surface area contributed by atoms with Crippen LogP contribution in [0, 0.1) is 55.8 Å². The number of thiazole rings is 3. The number of allylic oxidation sites excluding steroid dienone is 1. The number of carbonyl (C=O) groups is 8. The molecular weight excluding hydrogens is 2040 g/mol. The number of aromatic nitrogens is 6. The lowest BCUT2D eigenvalue weighted by Gasteiger charge is -2.29. The first-order chi connectivity index (χ1) is 67.9. The lowest BCUT2D eigenvalue weighted by molar-refractivity contribution is -0.144. The Kier molecular flexibility index (Phi) is 36.7. The number of ketones is 1. The van der Waals surface area contributed by atoms with Gasteiger partial charge in [-0.15, -0.1) is 59.6 Å². The van der Waals surface area contributed by atoms with Crippen LogP contribution in [0.5, 0.6) is 28.7 Å². The number of carboxylic acid groups (broad SMARTS) is 2. The maximum absolute atomic E-state index is 14.5. The Labute approximate surface area is 889 Å². The Morgan fingerprint density at radius 1 is 0.507 bits per heavy atom. The number of carboxylic acids is 2. The molecule has 3 saturated heterocycles. The van der Waals surface area contributed by atoms with Crippen molar-refractivity contribution >= 4 is 159 Å². The average molecular weight is 2180 g/mol. The van der Waals surface area contributed by atoms with E-state index in [-0.39, 0.29) is 75.8 Å². The number of nitrogens with zero attached hydrogens (tertiary/aromatic N) is 9. The zero-order chi connectivity index (χ0) is 108. The molecule has 16 rings (SSSR count). The number of carbonyl (C=O) groups excluding carboxylic acids is 6. The minimum absolute atomic E-state index is 0. The van der Waals surface area contributed by atoms with Gasteiger partial charge >= 0.3 is 30.2 Å². The molecule has 0 spiro atoms. The molecule has 9 aromatic rings. The highest BCUT2D eigenvalue weighted by Crippen LogP contribution is 2.58. The van der Waals surface area contributed by atoms with Crippen molar-refractivity contribution in [2.24, 2.45) is 40.7 Å². The fourth-order valence-corrected chi connectivity index (χ4v) is 23.3. The number of nitrogens with two attached hydrogens (primary N) is 1. The molecular formula is C106H142Cl2N12O23S5. The summed E-state index contributed by atoms with van der Waals surface area (Å²) in [5.41, 5.74) is 11.2. The van der Waals surface area contributed by atoms with Gasteiger partial charge in [0.15, 0.2) is 5.78 Å². The molecule has 13 atom stereocenters. The van der Waals surface area contributed by atoms with E-state index in [9.17, 15) is 65.4 Å². The number of hydrogen-bond acceptors (Lipinski definition) is 31. The van der Waals surface area contributed by atoms with Crippen molar-refractivity contribution in [2.75, 3.05) is 41.0 Å². The lowest BCUT2D eigenvalue weighted by atomic mass is 9.88. The molecule has 35 nitrogen and oxygen atoms in total. The van der Waals surface area contributed by atoms with Crippen LogP contribution >= 0.6 is 58.0 Å². The van der Waals surface area contributed by atoms with Crippen LogP contribution in [0.25, 0.3) is 64.8 Å². The largest absolute Gasteiger partial charge is 0.496 e. The van der Waals surface area contributed by atoms with Gasteiger partial charge in [-0.1, -0.05) is 93.5 Å². The summed E-state index contributed by atoms with van der Waals surface area (Å²) in [5, 5.41) is 40.3. The molecule has 7 N–H and O–H groups in total. The molecule has 42 heteroatoms. The lowest BCUT2D eigenvalue weighted by Crippen LogP contribution is -2.49. The summed E-state index contributed by atoms with van der Waals surface area (Å²) in [6.45, 7) is 50.0. The summed E-state index contributed by atoms with van der Waals surface area (Å²) >= 11 is 11.1. The second-order valence-corrected chi connectivity index (χ2v) is 50.5. The summed E-state index contributed by atoms with van der Waals surface area (Å²) in [7, 11) is -2.63. The van der Waals surface area contributed by atoms with Gasteiger partial charge in [0.2, 0.25) is 26.0 Å².